The summed E-state index contributed by atoms with van der Waals surface area (Å²) in [7, 11) is -3.77. The summed E-state index contributed by atoms with van der Waals surface area (Å²) in [6.07, 6.45) is 2.05. The summed E-state index contributed by atoms with van der Waals surface area (Å²) in [6.45, 7) is 5.52. The number of imidazole rings is 1. The SMILES string of the molecule is CC[C@H](OC(=O)[C@H](C)N[P@@](=O)(CO[C@H](C)Cn1cnc2c(N)ncnc21)Oc1ccccc1)c1ccc(F)cc1. The van der Waals surface area contributed by atoms with Gasteiger partial charge >= 0.3 is 13.5 Å². The smallest absolute Gasteiger partial charge is 0.342 e. The van der Waals surface area contributed by atoms with Gasteiger partial charge in [-0.05, 0) is 50.1 Å². The van der Waals surface area contributed by atoms with Crippen molar-refractivity contribution in [3.8, 4) is 5.75 Å². The maximum Gasteiger partial charge on any atom is 0.342 e. The first-order valence-electron chi connectivity index (χ1n) is 12.8. The molecule has 0 bridgehead atoms. The number of nitrogen functional groups attached to an aromatic ring is 1. The number of aromatic nitrogens is 4. The van der Waals surface area contributed by atoms with Gasteiger partial charge in [0.05, 0.1) is 19.0 Å². The number of carbonyl (C=O) groups is 1. The maximum absolute atomic E-state index is 14.0. The molecule has 2 aromatic carbocycles. The van der Waals surface area contributed by atoms with E-state index >= 15 is 0 Å². The van der Waals surface area contributed by atoms with Crippen molar-refractivity contribution in [2.75, 3.05) is 12.1 Å². The first-order chi connectivity index (χ1) is 19.2. The molecule has 0 saturated heterocycles. The molecule has 0 amide bonds. The molecule has 0 fully saturated rings. The second-order valence-electron chi connectivity index (χ2n) is 9.25. The fourth-order valence-corrected chi connectivity index (χ4v) is 5.77. The number of hydrogen-bond donors (Lipinski definition) is 2. The Labute approximate surface area is 231 Å². The first kappa shape index (κ1) is 29.1. The number of ether oxygens (including phenoxy) is 2. The summed E-state index contributed by atoms with van der Waals surface area (Å²) in [5, 5.41) is 2.80. The van der Waals surface area contributed by atoms with E-state index in [1.54, 1.807) is 60.3 Å². The molecule has 11 nitrogen and oxygen atoms in total. The summed E-state index contributed by atoms with van der Waals surface area (Å²) in [4.78, 5) is 25.4. The number of nitrogens with two attached hydrogens (primary N) is 1. The molecule has 0 spiro atoms. The number of nitrogens with one attached hydrogen (secondary N) is 1. The molecule has 13 heteroatoms. The van der Waals surface area contributed by atoms with Crippen LogP contribution in [-0.4, -0.2) is 44.0 Å². The van der Waals surface area contributed by atoms with Crippen molar-refractivity contribution < 1.29 is 27.7 Å². The lowest BCUT2D eigenvalue weighted by molar-refractivity contribution is -0.151. The number of para-hydroxylation sites is 1. The fourth-order valence-electron chi connectivity index (χ4n) is 3.98. The normalized spacial score (nSPS) is 15.2. The van der Waals surface area contributed by atoms with Gasteiger partial charge in [0.25, 0.3) is 0 Å². The minimum absolute atomic E-state index is 0.271. The van der Waals surface area contributed by atoms with Crippen LogP contribution in [0.4, 0.5) is 10.2 Å². The standard InChI is InChI=1S/C27H32FN6O5P/c1-4-23(20-10-12-21(28)13-11-20)38-27(35)19(3)33-40(36,39-22-8-6-5-7-9-22)17-37-18(2)14-34-16-32-24-25(29)30-15-31-26(24)34/h5-13,15-16,18-19,23H,4,14,17H2,1-3H3,(H,33,36)(H2,29,30,31)/t18-,19+,23+,40-/m1/s1. The van der Waals surface area contributed by atoms with E-state index < -0.39 is 31.7 Å². The summed E-state index contributed by atoms with van der Waals surface area (Å²) in [6, 6.07) is 13.4. The number of rotatable bonds is 13. The first-order valence-corrected chi connectivity index (χ1v) is 14.6. The molecule has 3 N–H and O–H groups in total. The molecule has 4 aromatic rings. The Morgan fingerprint density at radius 2 is 1.82 bits per heavy atom. The van der Waals surface area contributed by atoms with E-state index in [4.69, 9.17) is 19.7 Å². The van der Waals surface area contributed by atoms with Crippen LogP contribution in [0, 0.1) is 5.82 Å². The highest BCUT2D eigenvalue weighted by Gasteiger charge is 2.32. The van der Waals surface area contributed by atoms with Crippen LogP contribution in [0.5, 0.6) is 5.75 Å². The van der Waals surface area contributed by atoms with Crippen LogP contribution in [0.3, 0.4) is 0 Å². The van der Waals surface area contributed by atoms with Crippen LogP contribution >= 0.6 is 7.52 Å². The van der Waals surface area contributed by atoms with Crippen LogP contribution in [0.25, 0.3) is 11.2 Å². The van der Waals surface area contributed by atoms with Gasteiger partial charge in [-0.1, -0.05) is 37.3 Å². The lowest BCUT2D eigenvalue weighted by Crippen LogP contribution is -2.36. The number of carbonyl (C=O) groups excluding carboxylic acids is 1. The highest BCUT2D eigenvalue weighted by molar-refractivity contribution is 7.57. The Bertz CT molecular complexity index is 1470. The number of hydrogen-bond acceptors (Lipinski definition) is 9. The zero-order valence-electron chi connectivity index (χ0n) is 22.4. The Morgan fingerprint density at radius 1 is 1.10 bits per heavy atom. The molecule has 0 aliphatic carbocycles. The number of fused-ring (bicyclic) bond motifs is 1. The summed E-state index contributed by atoms with van der Waals surface area (Å²) >= 11 is 0. The van der Waals surface area contributed by atoms with E-state index in [2.05, 4.69) is 20.0 Å². The Morgan fingerprint density at radius 3 is 2.52 bits per heavy atom. The third-order valence-electron chi connectivity index (χ3n) is 6.02. The molecule has 40 heavy (non-hydrogen) atoms. The highest BCUT2D eigenvalue weighted by Crippen LogP contribution is 2.44. The largest absolute Gasteiger partial charge is 0.456 e. The van der Waals surface area contributed by atoms with E-state index in [1.807, 2.05) is 6.92 Å². The molecule has 212 valence electrons. The molecule has 0 aliphatic rings. The minimum atomic E-state index is -3.77. The predicted molar refractivity (Wildman–Crippen MR) is 148 cm³/mol. The number of anilines is 1. The molecule has 0 saturated carbocycles. The zero-order valence-corrected chi connectivity index (χ0v) is 23.3. The van der Waals surface area contributed by atoms with Gasteiger partial charge < -0.3 is 24.3 Å². The van der Waals surface area contributed by atoms with Crippen molar-refractivity contribution in [3.05, 3.63) is 78.6 Å². The van der Waals surface area contributed by atoms with E-state index in [0.717, 1.165) is 0 Å². The molecule has 2 heterocycles. The molecule has 2 aromatic heterocycles. The minimum Gasteiger partial charge on any atom is -0.456 e. The van der Waals surface area contributed by atoms with Crippen LogP contribution in [0.2, 0.25) is 0 Å². The van der Waals surface area contributed by atoms with Gasteiger partial charge in [-0.3, -0.25) is 9.36 Å². The number of esters is 1. The molecular weight excluding hydrogens is 538 g/mol. The van der Waals surface area contributed by atoms with Crippen molar-refractivity contribution in [2.24, 2.45) is 0 Å². The molecule has 0 unspecified atom stereocenters. The van der Waals surface area contributed by atoms with Gasteiger partial charge in [0.1, 0.15) is 41.9 Å². The quantitative estimate of drug-likeness (QED) is 0.169. The molecule has 0 radical (unpaired) electrons. The Balaban J connectivity index is 1.44. The topological polar surface area (TPSA) is 143 Å². The second-order valence-corrected chi connectivity index (χ2v) is 11.3. The molecule has 0 aliphatic heterocycles. The van der Waals surface area contributed by atoms with E-state index in [0.29, 0.717) is 35.4 Å². The number of nitrogens with zero attached hydrogens (tertiary/aromatic N) is 4. The van der Waals surface area contributed by atoms with E-state index in [9.17, 15) is 13.8 Å². The van der Waals surface area contributed by atoms with Crippen LogP contribution < -0.4 is 15.3 Å². The highest BCUT2D eigenvalue weighted by atomic mass is 31.2. The van der Waals surface area contributed by atoms with Gasteiger partial charge in [0.15, 0.2) is 11.5 Å². The summed E-state index contributed by atoms with van der Waals surface area (Å²) < 4.78 is 46.5. The molecule has 4 atom stereocenters. The molecular formula is C27H32FN6O5P. The average Bonchev–Trinajstić information content (AvgIpc) is 3.35. The van der Waals surface area contributed by atoms with Crippen molar-refractivity contribution in [1.82, 2.24) is 24.6 Å². The maximum atomic E-state index is 14.0. The van der Waals surface area contributed by atoms with E-state index in [1.165, 1.54) is 25.4 Å². The molecule has 4 rings (SSSR count). The van der Waals surface area contributed by atoms with Crippen LogP contribution in [-0.2, 0) is 25.4 Å². The predicted octanol–water partition coefficient (Wildman–Crippen LogP) is 4.85. The van der Waals surface area contributed by atoms with Gasteiger partial charge in [-0.2, -0.15) is 0 Å². The number of benzene rings is 2. The van der Waals surface area contributed by atoms with Gasteiger partial charge in [-0.25, -0.2) is 24.4 Å². The van der Waals surface area contributed by atoms with Crippen molar-refractivity contribution in [2.45, 2.75) is 52.0 Å². The Hall–Kier alpha value is -3.86. The van der Waals surface area contributed by atoms with Crippen LogP contribution in [0.1, 0.15) is 38.9 Å². The lowest BCUT2D eigenvalue weighted by atomic mass is 10.1. The fraction of sp³-hybridized carbons (Fsp3) is 0.333. The summed E-state index contributed by atoms with van der Waals surface area (Å²) in [5.41, 5.74) is 7.55. The Kier molecular flexibility index (Phi) is 9.46. The van der Waals surface area contributed by atoms with Gasteiger partial charge in [-0.15, -0.1) is 0 Å². The monoisotopic (exact) mass is 570 g/mol. The summed E-state index contributed by atoms with van der Waals surface area (Å²) in [5.74, 6) is -0.399. The van der Waals surface area contributed by atoms with Crippen molar-refractivity contribution in [3.63, 3.8) is 0 Å². The lowest BCUT2D eigenvalue weighted by Gasteiger charge is -2.26. The third-order valence-corrected chi connectivity index (χ3v) is 7.80. The second kappa shape index (κ2) is 13.0. The van der Waals surface area contributed by atoms with Crippen molar-refractivity contribution >= 4 is 30.5 Å². The van der Waals surface area contributed by atoms with Gasteiger partial charge in [0, 0.05) is 0 Å². The third kappa shape index (κ3) is 7.41. The van der Waals surface area contributed by atoms with Crippen molar-refractivity contribution in [1.29, 1.82) is 0 Å². The van der Waals surface area contributed by atoms with E-state index in [-0.39, 0.29) is 18.0 Å². The van der Waals surface area contributed by atoms with Gasteiger partial charge in [0.2, 0.25) is 0 Å². The average molecular weight is 571 g/mol. The zero-order chi connectivity index (χ0) is 28.7. The number of halogens is 1. The van der Waals surface area contributed by atoms with Crippen LogP contribution in [0.15, 0.2) is 67.3 Å².